The SMILES string of the molecule is CC(C)(C)OC(=O)n1[c]([Sn]([CH3])([CH3])[CH3])cc2ccc(C#N)nc21. The maximum atomic E-state index is 12.7. The van der Waals surface area contributed by atoms with Crippen LogP contribution in [0, 0.1) is 11.3 Å². The summed E-state index contributed by atoms with van der Waals surface area (Å²) in [5.41, 5.74) is 0.228. The van der Waals surface area contributed by atoms with Crippen LogP contribution in [0.4, 0.5) is 4.79 Å². The molecule has 0 fully saturated rings. The molecule has 0 amide bonds. The normalized spacial score (nSPS) is 12.2. The molecular weight excluding hydrogens is 385 g/mol. The molecule has 0 aliphatic rings. The van der Waals surface area contributed by atoms with Crippen molar-refractivity contribution in [1.29, 1.82) is 5.26 Å². The van der Waals surface area contributed by atoms with Gasteiger partial charge in [-0.05, 0) is 0 Å². The minimum absolute atomic E-state index is 0.297. The summed E-state index contributed by atoms with van der Waals surface area (Å²) in [6.07, 6.45) is -0.424. The molecular formula is C16H21N3O2Sn. The van der Waals surface area contributed by atoms with Gasteiger partial charge in [-0.2, -0.15) is 0 Å². The van der Waals surface area contributed by atoms with E-state index in [1.54, 1.807) is 10.6 Å². The summed E-state index contributed by atoms with van der Waals surface area (Å²) in [6, 6.07) is 7.55. The monoisotopic (exact) mass is 407 g/mol. The molecule has 0 aromatic carbocycles. The molecule has 0 saturated heterocycles. The van der Waals surface area contributed by atoms with Gasteiger partial charge in [0.05, 0.1) is 0 Å². The van der Waals surface area contributed by atoms with Gasteiger partial charge in [0.15, 0.2) is 0 Å². The molecule has 0 spiro atoms. The van der Waals surface area contributed by atoms with Gasteiger partial charge in [0, 0.05) is 0 Å². The zero-order chi connectivity index (χ0) is 16.7. The second kappa shape index (κ2) is 5.58. The zero-order valence-corrected chi connectivity index (χ0v) is 16.7. The van der Waals surface area contributed by atoms with Crippen LogP contribution < -0.4 is 3.71 Å². The number of carbonyl (C=O) groups excluding carboxylic acids is 1. The van der Waals surface area contributed by atoms with Crippen LogP contribution in [0.2, 0.25) is 14.8 Å². The molecule has 116 valence electrons. The maximum absolute atomic E-state index is 12.7. The number of hydrogen-bond donors (Lipinski definition) is 0. The third kappa shape index (κ3) is 3.43. The minimum atomic E-state index is -2.57. The van der Waals surface area contributed by atoms with Gasteiger partial charge in [-0.25, -0.2) is 0 Å². The molecule has 0 aliphatic heterocycles. The van der Waals surface area contributed by atoms with E-state index in [9.17, 15) is 4.79 Å². The standard InChI is InChI=1S/C13H12N3O2.3CH3.Sn/c1-13(2,3)18-12(17)16-7-6-9-4-5-10(8-14)15-11(9)16;;;;/h4-6H,1-3H3;3*1H3;. The molecule has 0 aliphatic carbocycles. The van der Waals surface area contributed by atoms with Crippen molar-refractivity contribution < 1.29 is 9.53 Å². The molecule has 6 heteroatoms. The van der Waals surface area contributed by atoms with Gasteiger partial charge in [-0.3, -0.25) is 0 Å². The first kappa shape index (κ1) is 16.8. The van der Waals surface area contributed by atoms with Crippen molar-refractivity contribution in [3.05, 3.63) is 23.9 Å². The second-order valence-electron chi connectivity index (χ2n) is 7.32. The summed E-state index contributed by atoms with van der Waals surface area (Å²) < 4.78 is 8.12. The van der Waals surface area contributed by atoms with Crippen LogP contribution >= 0.6 is 0 Å². The van der Waals surface area contributed by atoms with E-state index in [1.807, 2.05) is 39.0 Å². The van der Waals surface area contributed by atoms with E-state index in [4.69, 9.17) is 10.00 Å². The molecule has 22 heavy (non-hydrogen) atoms. The Morgan fingerprint density at radius 3 is 2.45 bits per heavy atom. The van der Waals surface area contributed by atoms with Crippen LogP contribution in [-0.2, 0) is 4.74 Å². The first-order chi connectivity index (χ1) is 10.0. The van der Waals surface area contributed by atoms with Crippen LogP contribution in [0.3, 0.4) is 0 Å². The van der Waals surface area contributed by atoms with Gasteiger partial charge in [-0.1, -0.05) is 0 Å². The molecule has 0 saturated carbocycles. The summed E-state index contributed by atoms with van der Waals surface area (Å²) in [5.74, 6) is 0. The number of carbonyl (C=O) groups is 1. The van der Waals surface area contributed by atoms with Crippen molar-refractivity contribution in [2.24, 2.45) is 0 Å². The third-order valence-corrected chi connectivity index (χ3v) is 8.55. The number of fused-ring (bicyclic) bond motifs is 1. The Morgan fingerprint density at radius 2 is 1.95 bits per heavy atom. The average molecular weight is 406 g/mol. The Balaban J connectivity index is 2.72. The van der Waals surface area contributed by atoms with Gasteiger partial charge in [0.25, 0.3) is 0 Å². The molecule has 2 aromatic rings. The van der Waals surface area contributed by atoms with E-state index in [1.165, 1.54) is 0 Å². The summed E-state index contributed by atoms with van der Waals surface area (Å²) in [7, 11) is 0. The number of rotatable bonds is 1. The Morgan fingerprint density at radius 1 is 1.32 bits per heavy atom. The fourth-order valence-electron chi connectivity index (χ4n) is 2.18. The quantitative estimate of drug-likeness (QED) is 0.683. The average Bonchev–Trinajstić information content (AvgIpc) is 2.74. The summed E-state index contributed by atoms with van der Waals surface area (Å²) in [4.78, 5) is 23.7. The molecule has 0 radical (unpaired) electrons. The van der Waals surface area contributed by atoms with Crippen LogP contribution in [0.15, 0.2) is 18.2 Å². The van der Waals surface area contributed by atoms with Crippen molar-refractivity contribution in [2.45, 2.75) is 41.2 Å². The molecule has 2 rings (SSSR count). The van der Waals surface area contributed by atoms with Crippen LogP contribution in [0.25, 0.3) is 11.0 Å². The zero-order valence-electron chi connectivity index (χ0n) is 13.9. The molecule has 0 unspecified atom stereocenters. The van der Waals surface area contributed by atoms with Gasteiger partial charge in [0.2, 0.25) is 0 Å². The van der Waals surface area contributed by atoms with E-state index < -0.39 is 30.1 Å². The van der Waals surface area contributed by atoms with Crippen molar-refractivity contribution in [3.63, 3.8) is 0 Å². The van der Waals surface area contributed by atoms with Crippen LogP contribution in [0.5, 0.6) is 0 Å². The first-order valence-corrected chi connectivity index (χ1v) is 17.2. The van der Waals surface area contributed by atoms with E-state index in [0.717, 1.165) is 9.10 Å². The number of hydrogen-bond acceptors (Lipinski definition) is 4. The van der Waals surface area contributed by atoms with E-state index >= 15 is 0 Å². The molecule has 2 heterocycles. The number of nitriles is 1. The first-order valence-electron chi connectivity index (χ1n) is 7.19. The topological polar surface area (TPSA) is 67.9 Å². The molecule has 0 bridgehead atoms. The Kier molecular flexibility index (Phi) is 4.26. The molecule has 2 aromatic heterocycles. The summed E-state index contributed by atoms with van der Waals surface area (Å²) >= 11 is -2.57. The van der Waals surface area contributed by atoms with E-state index in [0.29, 0.717) is 11.3 Å². The van der Waals surface area contributed by atoms with Crippen molar-refractivity contribution in [3.8, 4) is 6.07 Å². The van der Waals surface area contributed by atoms with Crippen molar-refractivity contribution in [1.82, 2.24) is 9.55 Å². The van der Waals surface area contributed by atoms with Gasteiger partial charge >= 0.3 is 135 Å². The molecule has 0 N–H and O–H groups in total. The Bertz CT molecular complexity index is 774. The predicted octanol–water partition coefficient (Wildman–Crippen LogP) is 3.24. The van der Waals surface area contributed by atoms with E-state index in [-0.39, 0.29) is 0 Å². The Labute approximate surface area is 134 Å². The fraction of sp³-hybridized carbons (Fsp3) is 0.438. The van der Waals surface area contributed by atoms with Crippen LogP contribution in [-0.4, -0.2) is 39.6 Å². The van der Waals surface area contributed by atoms with E-state index in [2.05, 4.69) is 19.8 Å². The van der Waals surface area contributed by atoms with Gasteiger partial charge in [-0.15, -0.1) is 0 Å². The predicted molar refractivity (Wildman–Crippen MR) is 89.1 cm³/mol. The van der Waals surface area contributed by atoms with Crippen molar-refractivity contribution in [2.75, 3.05) is 0 Å². The van der Waals surface area contributed by atoms with Gasteiger partial charge < -0.3 is 0 Å². The number of ether oxygens (including phenoxy) is 1. The number of pyridine rings is 1. The molecule has 5 nitrogen and oxygen atoms in total. The number of nitrogens with zero attached hydrogens (tertiary/aromatic N) is 3. The summed E-state index contributed by atoms with van der Waals surface area (Å²) in [5, 5.41) is 9.92. The second-order valence-corrected chi connectivity index (χ2v) is 21.6. The Hall–Kier alpha value is -1.55. The molecule has 0 atom stereocenters. The van der Waals surface area contributed by atoms with Crippen LogP contribution in [0.1, 0.15) is 26.5 Å². The third-order valence-electron chi connectivity index (χ3n) is 3.11. The van der Waals surface area contributed by atoms with Gasteiger partial charge in [0.1, 0.15) is 0 Å². The summed E-state index contributed by atoms with van der Waals surface area (Å²) in [6.45, 7) is 5.51. The van der Waals surface area contributed by atoms with Crippen molar-refractivity contribution >= 4 is 39.2 Å². The number of aromatic nitrogens is 2. The fourth-order valence-corrected chi connectivity index (χ4v) is 6.34.